The zero-order chi connectivity index (χ0) is 11.3. The Kier molecular flexibility index (Phi) is 4.45. The molecule has 3 nitrogen and oxygen atoms in total. The smallest absolute Gasteiger partial charge is 0.216 e. The number of carbonyl (C=O) groups excluding carboxylic acids is 1. The third kappa shape index (κ3) is 2.87. The van der Waals surface area contributed by atoms with E-state index in [1.807, 2.05) is 0 Å². The minimum atomic E-state index is -0.363. The Labute approximate surface area is 97.2 Å². The van der Waals surface area contributed by atoms with Gasteiger partial charge in [-0.05, 0) is 6.26 Å². The van der Waals surface area contributed by atoms with Crippen molar-refractivity contribution in [3.8, 4) is 0 Å². The monoisotopic (exact) mass is 239 g/mol. The van der Waals surface area contributed by atoms with Gasteiger partial charge in [0.1, 0.15) is 4.20 Å². The summed E-state index contributed by atoms with van der Waals surface area (Å²) < 4.78 is 0.284. The van der Waals surface area contributed by atoms with Gasteiger partial charge < -0.3 is 5.21 Å². The molecule has 0 saturated heterocycles. The van der Waals surface area contributed by atoms with Crippen LogP contribution >= 0.6 is 24.0 Å². The molecule has 0 bridgehead atoms. The first-order chi connectivity index (χ1) is 7.20. The maximum atomic E-state index is 11.8. The standard InChI is InChI=1S/C10H9NO2S2/c1-15-10(14)8(11-13)9(12)7-5-3-2-4-6-7/h2-6,13H,1H3/b11-8-. The molecular formula is C10H9NO2S2. The number of thioether (sulfide) groups is 1. The Morgan fingerprint density at radius 3 is 2.47 bits per heavy atom. The van der Waals surface area contributed by atoms with E-state index in [0.717, 1.165) is 0 Å². The quantitative estimate of drug-likeness (QED) is 0.289. The lowest BCUT2D eigenvalue weighted by Gasteiger charge is -2.02. The number of nitrogens with zero attached hydrogens (tertiary/aromatic N) is 1. The molecule has 78 valence electrons. The number of hydrogen-bond acceptors (Lipinski definition) is 5. The summed E-state index contributed by atoms with van der Waals surface area (Å²) in [6, 6.07) is 8.58. The summed E-state index contributed by atoms with van der Waals surface area (Å²) in [4.78, 5) is 11.8. The number of hydrogen-bond donors (Lipinski definition) is 1. The largest absolute Gasteiger partial charge is 0.410 e. The zero-order valence-electron chi connectivity index (χ0n) is 8.01. The molecule has 0 heterocycles. The van der Waals surface area contributed by atoms with Gasteiger partial charge in [-0.1, -0.05) is 47.7 Å². The van der Waals surface area contributed by atoms with E-state index in [1.54, 1.807) is 36.6 Å². The molecule has 0 aliphatic heterocycles. The van der Waals surface area contributed by atoms with Gasteiger partial charge in [-0.3, -0.25) is 4.79 Å². The summed E-state index contributed by atoms with van der Waals surface area (Å²) in [5, 5.41) is 11.7. The molecule has 0 spiro atoms. The van der Waals surface area contributed by atoms with Crippen molar-refractivity contribution in [3.63, 3.8) is 0 Å². The molecule has 1 aromatic carbocycles. The number of thiocarbonyl (C=S) groups is 1. The Morgan fingerprint density at radius 1 is 1.40 bits per heavy atom. The van der Waals surface area contributed by atoms with E-state index in [4.69, 9.17) is 17.4 Å². The van der Waals surface area contributed by atoms with Crippen molar-refractivity contribution in [1.82, 2.24) is 0 Å². The van der Waals surface area contributed by atoms with E-state index in [1.165, 1.54) is 11.8 Å². The molecule has 0 aromatic heterocycles. The lowest BCUT2D eigenvalue weighted by atomic mass is 10.1. The Morgan fingerprint density at radius 2 is 2.00 bits per heavy atom. The van der Waals surface area contributed by atoms with E-state index in [-0.39, 0.29) is 15.7 Å². The first kappa shape index (κ1) is 11.9. The highest BCUT2D eigenvalue weighted by Gasteiger charge is 2.18. The van der Waals surface area contributed by atoms with Gasteiger partial charge in [0.2, 0.25) is 5.78 Å². The van der Waals surface area contributed by atoms with Crippen LogP contribution < -0.4 is 0 Å². The van der Waals surface area contributed by atoms with Crippen LogP contribution in [0.15, 0.2) is 35.5 Å². The van der Waals surface area contributed by atoms with Crippen LogP contribution in [0.4, 0.5) is 0 Å². The van der Waals surface area contributed by atoms with Gasteiger partial charge in [-0.25, -0.2) is 0 Å². The predicted octanol–water partition coefficient (Wildman–Crippen LogP) is 2.39. The van der Waals surface area contributed by atoms with Crippen molar-refractivity contribution in [3.05, 3.63) is 35.9 Å². The zero-order valence-corrected chi connectivity index (χ0v) is 9.64. The minimum absolute atomic E-state index is 0.0799. The topological polar surface area (TPSA) is 49.7 Å². The molecule has 1 rings (SSSR count). The molecule has 0 atom stereocenters. The number of benzene rings is 1. The van der Waals surface area contributed by atoms with Crippen molar-refractivity contribution in [1.29, 1.82) is 0 Å². The highest BCUT2D eigenvalue weighted by molar-refractivity contribution is 8.25. The Bertz CT molecular complexity index is 401. The van der Waals surface area contributed by atoms with Crippen molar-refractivity contribution in [2.75, 3.05) is 6.26 Å². The third-order valence-corrected chi connectivity index (χ3v) is 2.99. The first-order valence-corrected chi connectivity index (χ1v) is 5.74. The third-order valence-electron chi connectivity index (χ3n) is 1.73. The highest BCUT2D eigenvalue weighted by Crippen LogP contribution is 2.08. The van der Waals surface area contributed by atoms with Gasteiger partial charge in [-0.15, -0.1) is 11.8 Å². The molecule has 5 heteroatoms. The lowest BCUT2D eigenvalue weighted by molar-refractivity contribution is 0.106. The average Bonchev–Trinajstić information content (AvgIpc) is 2.30. The molecule has 0 unspecified atom stereocenters. The molecule has 0 amide bonds. The second-order valence-electron chi connectivity index (χ2n) is 2.64. The van der Waals surface area contributed by atoms with Gasteiger partial charge in [-0.2, -0.15) is 0 Å². The molecule has 0 aliphatic carbocycles. The SMILES string of the molecule is CSC(=S)/C(=N\O)C(=O)c1ccccc1. The van der Waals surface area contributed by atoms with Crippen LogP contribution in [0.2, 0.25) is 0 Å². The van der Waals surface area contributed by atoms with Gasteiger partial charge in [0.25, 0.3) is 0 Å². The fraction of sp³-hybridized carbons (Fsp3) is 0.100. The molecule has 1 aromatic rings. The van der Waals surface area contributed by atoms with Crippen LogP contribution in [0.25, 0.3) is 0 Å². The van der Waals surface area contributed by atoms with Crippen LogP contribution in [0, 0.1) is 0 Å². The molecule has 1 N–H and O–H groups in total. The second-order valence-corrected chi connectivity index (χ2v) is 4.12. The van der Waals surface area contributed by atoms with E-state index in [2.05, 4.69) is 5.16 Å². The number of rotatable bonds is 3. The summed E-state index contributed by atoms with van der Waals surface area (Å²) in [6.45, 7) is 0. The Hall–Kier alpha value is -1.20. The average molecular weight is 239 g/mol. The lowest BCUT2D eigenvalue weighted by Crippen LogP contribution is -2.20. The number of Topliss-reactive ketones (excluding diaryl/α,β-unsaturated/α-hetero) is 1. The molecule has 0 radical (unpaired) electrons. The van der Waals surface area contributed by atoms with Crippen molar-refractivity contribution >= 4 is 39.7 Å². The number of oxime groups is 1. The van der Waals surface area contributed by atoms with Crippen LogP contribution in [0.1, 0.15) is 10.4 Å². The maximum Gasteiger partial charge on any atom is 0.216 e. The fourth-order valence-corrected chi connectivity index (χ4v) is 1.46. The number of carbonyl (C=O) groups is 1. The number of ketones is 1. The van der Waals surface area contributed by atoms with Crippen LogP contribution in [-0.4, -0.2) is 27.2 Å². The van der Waals surface area contributed by atoms with E-state index < -0.39 is 0 Å². The fourth-order valence-electron chi connectivity index (χ4n) is 1.00. The molecule has 0 saturated carbocycles. The second kappa shape index (κ2) is 5.63. The molecule has 15 heavy (non-hydrogen) atoms. The van der Waals surface area contributed by atoms with E-state index in [0.29, 0.717) is 5.56 Å². The predicted molar refractivity (Wildman–Crippen MR) is 66.1 cm³/mol. The van der Waals surface area contributed by atoms with Crippen LogP contribution in [-0.2, 0) is 0 Å². The van der Waals surface area contributed by atoms with Gasteiger partial charge in [0.05, 0.1) is 0 Å². The summed E-state index contributed by atoms with van der Waals surface area (Å²) >= 11 is 6.10. The van der Waals surface area contributed by atoms with Crippen LogP contribution in [0.5, 0.6) is 0 Å². The Balaban J connectivity index is 2.99. The maximum absolute atomic E-state index is 11.8. The summed E-state index contributed by atoms with van der Waals surface area (Å²) in [5.74, 6) is -0.363. The van der Waals surface area contributed by atoms with E-state index >= 15 is 0 Å². The highest BCUT2D eigenvalue weighted by atomic mass is 32.2. The van der Waals surface area contributed by atoms with Crippen molar-refractivity contribution in [2.45, 2.75) is 0 Å². The summed E-state index contributed by atoms with van der Waals surface area (Å²) in [7, 11) is 0. The van der Waals surface area contributed by atoms with Gasteiger partial charge >= 0.3 is 0 Å². The summed E-state index contributed by atoms with van der Waals surface area (Å²) in [5.41, 5.74) is 0.380. The molecular weight excluding hydrogens is 230 g/mol. The van der Waals surface area contributed by atoms with E-state index in [9.17, 15) is 4.79 Å². The molecule has 0 aliphatic rings. The van der Waals surface area contributed by atoms with Gasteiger partial charge in [0.15, 0.2) is 5.71 Å². The normalized spacial score (nSPS) is 11.1. The summed E-state index contributed by atoms with van der Waals surface area (Å²) in [6.07, 6.45) is 1.73. The van der Waals surface area contributed by atoms with Crippen molar-refractivity contribution in [2.24, 2.45) is 5.16 Å². The van der Waals surface area contributed by atoms with Crippen LogP contribution in [0.3, 0.4) is 0 Å². The molecule has 0 fully saturated rings. The van der Waals surface area contributed by atoms with Gasteiger partial charge in [0, 0.05) is 5.56 Å². The minimum Gasteiger partial charge on any atom is -0.410 e. The first-order valence-electron chi connectivity index (χ1n) is 4.10. The van der Waals surface area contributed by atoms with Crippen molar-refractivity contribution < 1.29 is 10.0 Å².